The second-order valence-corrected chi connectivity index (χ2v) is 6.54. The quantitative estimate of drug-likeness (QED) is 0.730. The SMILES string of the molecule is Nc1c(F)ccc(S(=O)(=O)NC2CCCCC2O)c1F. The number of hydrogen-bond donors (Lipinski definition) is 3. The molecule has 0 saturated heterocycles. The fraction of sp³-hybridized carbons (Fsp3) is 0.500. The van der Waals surface area contributed by atoms with Gasteiger partial charge in [-0.15, -0.1) is 0 Å². The molecule has 8 heteroatoms. The van der Waals surface area contributed by atoms with Crippen LogP contribution >= 0.6 is 0 Å². The predicted molar refractivity (Wildman–Crippen MR) is 69.4 cm³/mol. The molecule has 1 aliphatic carbocycles. The molecule has 112 valence electrons. The third-order valence-corrected chi connectivity index (χ3v) is 4.92. The fourth-order valence-electron chi connectivity index (χ4n) is 2.27. The van der Waals surface area contributed by atoms with Gasteiger partial charge in [-0.05, 0) is 25.0 Å². The molecule has 1 aromatic carbocycles. The average Bonchev–Trinajstić information content (AvgIpc) is 2.38. The number of aliphatic hydroxyl groups excluding tert-OH is 1. The zero-order valence-corrected chi connectivity index (χ0v) is 11.5. The van der Waals surface area contributed by atoms with Crippen LogP contribution in [0, 0.1) is 11.6 Å². The number of sulfonamides is 1. The zero-order valence-electron chi connectivity index (χ0n) is 10.6. The van der Waals surface area contributed by atoms with E-state index in [9.17, 15) is 22.3 Å². The number of nitrogens with two attached hydrogens (primary N) is 1. The van der Waals surface area contributed by atoms with Crippen LogP contribution < -0.4 is 10.5 Å². The molecule has 2 atom stereocenters. The van der Waals surface area contributed by atoms with Crippen molar-refractivity contribution in [2.45, 2.75) is 42.7 Å². The van der Waals surface area contributed by atoms with Gasteiger partial charge < -0.3 is 10.8 Å². The van der Waals surface area contributed by atoms with Crippen molar-refractivity contribution < 1.29 is 22.3 Å². The van der Waals surface area contributed by atoms with E-state index < -0.39 is 44.4 Å². The van der Waals surface area contributed by atoms with Gasteiger partial charge >= 0.3 is 0 Å². The Labute approximate surface area is 115 Å². The van der Waals surface area contributed by atoms with Crippen LogP contribution in [-0.4, -0.2) is 25.7 Å². The average molecular weight is 306 g/mol. The Hall–Kier alpha value is -1.25. The molecule has 0 spiro atoms. The maximum absolute atomic E-state index is 13.8. The third kappa shape index (κ3) is 2.92. The van der Waals surface area contributed by atoms with Crippen LogP contribution in [0.5, 0.6) is 0 Å². The first-order valence-electron chi connectivity index (χ1n) is 6.27. The highest BCUT2D eigenvalue weighted by Gasteiger charge is 2.30. The standard InChI is InChI=1S/C12H16F2N2O3S/c13-7-5-6-10(11(14)12(7)15)20(18,19)16-8-3-1-2-4-9(8)17/h5-6,8-9,16-17H,1-4,15H2. The second kappa shape index (κ2) is 5.63. The van der Waals surface area contributed by atoms with Crippen molar-refractivity contribution in [3.05, 3.63) is 23.8 Å². The number of nitrogens with one attached hydrogen (secondary N) is 1. The molecule has 0 aliphatic heterocycles. The fourth-order valence-corrected chi connectivity index (χ4v) is 3.66. The molecule has 2 unspecified atom stereocenters. The van der Waals surface area contributed by atoms with Gasteiger partial charge in [0.2, 0.25) is 10.0 Å². The van der Waals surface area contributed by atoms with E-state index in [4.69, 9.17) is 5.73 Å². The van der Waals surface area contributed by atoms with E-state index >= 15 is 0 Å². The normalized spacial score (nSPS) is 23.8. The van der Waals surface area contributed by atoms with E-state index in [0.29, 0.717) is 12.8 Å². The number of aliphatic hydroxyl groups is 1. The minimum Gasteiger partial charge on any atom is -0.394 e. The number of halogens is 2. The van der Waals surface area contributed by atoms with Gasteiger partial charge in [-0.25, -0.2) is 21.9 Å². The van der Waals surface area contributed by atoms with Gasteiger partial charge in [0, 0.05) is 6.04 Å². The van der Waals surface area contributed by atoms with Gasteiger partial charge in [0.15, 0.2) is 5.82 Å². The summed E-state index contributed by atoms with van der Waals surface area (Å²) in [6, 6.07) is 0.947. The van der Waals surface area contributed by atoms with Crippen molar-refractivity contribution in [1.29, 1.82) is 0 Å². The summed E-state index contributed by atoms with van der Waals surface area (Å²) in [7, 11) is -4.19. The third-order valence-electron chi connectivity index (χ3n) is 3.42. The summed E-state index contributed by atoms with van der Waals surface area (Å²) >= 11 is 0. The number of rotatable bonds is 3. The minimum absolute atomic E-state index is 0.471. The lowest BCUT2D eigenvalue weighted by Crippen LogP contribution is -2.45. The second-order valence-electron chi connectivity index (χ2n) is 4.85. The maximum Gasteiger partial charge on any atom is 0.243 e. The van der Waals surface area contributed by atoms with Crippen LogP contribution in [0.4, 0.5) is 14.5 Å². The predicted octanol–water partition coefficient (Wildman–Crippen LogP) is 1.13. The van der Waals surface area contributed by atoms with Gasteiger partial charge in [-0.3, -0.25) is 0 Å². The Kier molecular flexibility index (Phi) is 4.26. The van der Waals surface area contributed by atoms with Gasteiger partial charge in [0.25, 0.3) is 0 Å². The highest BCUT2D eigenvalue weighted by Crippen LogP contribution is 2.25. The lowest BCUT2D eigenvalue weighted by molar-refractivity contribution is 0.101. The Morgan fingerprint density at radius 1 is 1.25 bits per heavy atom. The Balaban J connectivity index is 2.29. The molecule has 1 fully saturated rings. The summed E-state index contributed by atoms with van der Waals surface area (Å²) in [5.41, 5.74) is 4.31. The van der Waals surface area contributed by atoms with Crippen molar-refractivity contribution in [1.82, 2.24) is 4.72 Å². The highest BCUT2D eigenvalue weighted by molar-refractivity contribution is 7.89. The van der Waals surface area contributed by atoms with Crippen LogP contribution in [-0.2, 0) is 10.0 Å². The number of hydrogen-bond acceptors (Lipinski definition) is 4. The largest absolute Gasteiger partial charge is 0.394 e. The van der Waals surface area contributed by atoms with Crippen LogP contribution in [0.15, 0.2) is 17.0 Å². The number of nitrogen functional groups attached to an aromatic ring is 1. The van der Waals surface area contributed by atoms with E-state index in [0.717, 1.165) is 25.0 Å². The summed E-state index contributed by atoms with van der Waals surface area (Å²) < 4.78 is 53.2. The zero-order chi connectivity index (χ0) is 14.9. The molecule has 20 heavy (non-hydrogen) atoms. The van der Waals surface area contributed by atoms with E-state index in [2.05, 4.69) is 4.72 Å². The van der Waals surface area contributed by atoms with Crippen molar-refractivity contribution >= 4 is 15.7 Å². The molecule has 0 amide bonds. The molecule has 2 rings (SSSR count). The minimum atomic E-state index is -4.19. The lowest BCUT2D eigenvalue weighted by atomic mass is 9.93. The molecular weight excluding hydrogens is 290 g/mol. The molecular formula is C12H16F2N2O3S. The molecule has 5 nitrogen and oxygen atoms in total. The number of benzene rings is 1. The first-order valence-corrected chi connectivity index (χ1v) is 7.75. The van der Waals surface area contributed by atoms with Crippen LogP contribution in [0.2, 0.25) is 0 Å². The van der Waals surface area contributed by atoms with Crippen LogP contribution in [0.25, 0.3) is 0 Å². The first kappa shape index (κ1) is 15.1. The molecule has 4 N–H and O–H groups in total. The molecule has 0 aromatic heterocycles. The summed E-state index contributed by atoms with van der Waals surface area (Å²) in [6.07, 6.45) is 1.74. The Morgan fingerprint density at radius 3 is 2.55 bits per heavy atom. The van der Waals surface area contributed by atoms with Gasteiger partial charge in [0.1, 0.15) is 16.4 Å². The van der Waals surface area contributed by atoms with Crippen LogP contribution in [0.3, 0.4) is 0 Å². The van der Waals surface area contributed by atoms with Gasteiger partial charge in [-0.2, -0.15) is 0 Å². The monoisotopic (exact) mass is 306 g/mol. The van der Waals surface area contributed by atoms with E-state index in [1.165, 1.54) is 0 Å². The molecule has 0 heterocycles. The molecule has 0 bridgehead atoms. The van der Waals surface area contributed by atoms with Crippen LogP contribution in [0.1, 0.15) is 25.7 Å². The Bertz CT molecular complexity index is 607. The maximum atomic E-state index is 13.8. The highest BCUT2D eigenvalue weighted by atomic mass is 32.2. The lowest BCUT2D eigenvalue weighted by Gasteiger charge is -2.28. The molecule has 1 aromatic rings. The van der Waals surface area contributed by atoms with Crippen molar-refractivity contribution in [2.75, 3.05) is 5.73 Å². The van der Waals surface area contributed by atoms with Crippen molar-refractivity contribution in [3.8, 4) is 0 Å². The van der Waals surface area contributed by atoms with E-state index in [-0.39, 0.29) is 0 Å². The van der Waals surface area contributed by atoms with Crippen molar-refractivity contribution in [2.24, 2.45) is 0 Å². The van der Waals surface area contributed by atoms with Gasteiger partial charge in [-0.1, -0.05) is 12.8 Å². The van der Waals surface area contributed by atoms with E-state index in [1.807, 2.05) is 0 Å². The van der Waals surface area contributed by atoms with Gasteiger partial charge in [0.05, 0.1) is 6.10 Å². The molecule has 1 saturated carbocycles. The summed E-state index contributed by atoms with van der Waals surface area (Å²) in [6.45, 7) is 0. The summed E-state index contributed by atoms with van der Waals surface area (Å²) in [5.74, 6) is -2.33. The summed E-state index contributed by atoms with van der Waals surface area (Å²) in [5, 5.41) is 9.74. The topological polar surface area (TPSA) is 92.4 Å². The smallest absolute Gasteiger partial charge is 0.243 e. The summed E-state index contributed by atoms with van der Waals surface area (Å²) in [4.78, 5) is -0.714. The Morgan fingerprint density at radius 2 is 1.90 bits per heavy atom. The number of anilines is 1. The van der Waals surface area contributed by atoms with E-state index in [1.54, 1.807) is 0 Å². The van der Waals surface area contributed by atoms with Crippen molar-refractivity contribution in [3.63, 3.8) is 0 Å². The first-order chi connectivity index (χ1) is 9.33. The molecule has 0 radical (unpaired) electrons. The molecule has 1 aliphatic rings.